The number of carbonyl (C=O) groups is 2. The molecule has 0 bridgehead atoms. The van der Waals surface area contributed by atoms with Crippen molar-refractivity contribution in [1.29, 1.82) is 0 Å². The van der Waals surface area contributed by atoms with E-state index in [1.807, 2.05) is 0 Å². The number of nitrogens with one attached hydrogen (secondary N) is 2. The summed E-state index contributed by atoms with van der Waals surface area (Å²) in [5.74, 6) is -0.864. The number of amides is 2. The predicted octanol–water partition coefficient (Wildman–Crippen LogP) is -0.436. The van der Waals surface area contributed by atoms with Crippen LogP contribution in [0, 0.1) is 5.41 Å². The molecule has 0 aliphatic carbocycles. The van der Waals surface area contributed by atoms with E-state index in [-0.39, 0.29) is 23.6 Å². The van der Waals surface area contributed by atoms with Gasteiger partial charge in [-0.15, -0.1) is 0 Å². The molecule has 134 valence electrons. The number of hydrogen-bond acceptors (Lipinski definition) is 5. The van der Waals surface area contributed by atoms with Gasteiger partial charge in [-0.2, -0.15) is 0 Å². The van der Waals surface area contributed by atoms with E-state index in [4.69, 9.17) is 15.6 Å². The molecule has 0 atom stereocenters. The van der Waals surface area contributed by atoms with E-state index >= 15 is 0 Å². The maximum atomic E-state index is 12.3. The summed E-state index contributed by atoms with van der Waals surface area (Å²) in [5.41, 5.74) is 5.59. The number of aliphatic hydroxyl groups is 1. The molecular weight excluding hydrogens is 312 g/mol. The average molecular weight is 338 g/mol. The third-order valence-corrected chi connectivity index (χ3v) is 4.60. The van der Waals surface area contributed by atoms with Crippen LogP contribution in [0.1, 0.15) is 33.8 Å². The summed E-state index contributed by atoms with van der Waals surface area (Å²) in [5, 5.41) is 12.0. The molecule has 0 spiro atoms. The van der Waals surface area contributed by atoms with E-state index in [9.17, 15) is 9.59 Å². The van der Waals surface area contributed by atoms with Crippen molar-refractivity contribution in [3.63, 3.8) is 0 Å². The summed E-state index contributed by atoms with van der Waals surface area (Å²) in [7, 11) is 1.66. The molecule has 24 heavy (non-hydrogen) atoms. The fourth-order valence-electron chi connectivity index (χ4n) is 3.11. The number of aromatic amines is 1. The van der Waals surface area contributed by atoms with Crippen molar-refractivity contribution in [2.45, 2.75) is 12.8 Å². The highest BCUT2D eigenvalue weighted by Crippen LogP contribution is 2.31. The molecule has 0 aromatic carbocycles. The number of rotatable bonds is 8. The van der Waals surface area contributed by atoms with Crippen LogP contribution in [0.3, 0.4) is 0 Å². The number of H-pyrrole nitrogens is 1. The van der Waals surface area contributed by atoms with Gasteiger partial charge in [0.1, 0.15) is 11.4 Å². The van der Waals surface area contributed by atoms with Crippen LogP contribution in [0.2, 0.25) is 0 Å². The predicted molar refractivity (Wildman–Crippen MR) is 88.7 cm³/mol. The fourth-order valence-corrected chi connectivity index (χ4v) is 3.11. The second-order valence-corrected chi connectivity index (χ2v) is 6.33. The van der Waals surface area contributed by atoms with Crippen molar-refractivity contribution >= 4 is 11.8 Å². The first-order chi connectivity index (χ1) is 11.5. The molecule has 1 aromatic rings. The van der Waals surface area contributed by atoms with Crippen LogP contribution >= 0.6 is 0 Å². The van der Waals surface area contributed by atoms with Crippen molar-refractivity contribution in [3.8, 4) is 0 Å². The number of piperidine rings is 1. The van der Waals surface area contributed by atoms with E-state index in [1.54, 1.807) is 13.2 Å². The van der Waals surface area contributed by atoms with Gasteiger partial charge >= 0.3 is 0 Å². The Kier molecular flexibility index (Phi) is 6.36. The quantitative estimate of drug-likeness (QED) is 0.512. The third-order valence-electron chi connectivity index (χ3n) is 4.60. The summed E-state index contributed by atoms with van der Waals surface area (Å²) < 4.78 is 5.37. The van der Waals surface area contributed by atoms with Crippen molar-refractivity contribution in [2.75, 3.05) is 46.5 Å². The number of β-amino-alcohol motifs (C(OH)–C–C–N with tert-alkyl or cyclic N) is 1. The molecular formula is C16H26N4O4. The van der Waals surface area contributed by atoms with E-state index in [0.717, 1.165) is 25.9 Å². The number of ether oxygens (including phenoxy) is 1. The smallest absolute Gasteiger partial charge is 0.267 e. The zero-order chi connectivity index (χ0) is 17.6. The van der Waals surface area contributed by atoms with Crippen molar-refractivity contribution in [3.05, 3.63) is 23.5 Å². The van der Waals surface area contributed by atoms with E-state index in [0.29, 0.717) is 25.4 Å². The lowest BCUT2D eigenvalue weighted by atomic mass is 9.79. The van der Waals surface area contributed by atoms with Gasteiger partial charge in [0.2, 0.25) is 0 Å². The molecule has 0 unspecified atom stereocenters. The Morgan fingerprint density at radius 3 is 2.58 bits per heavy atom. The Labute approximate surface area is 141 Å². The molecule has 1 fully saturated rings. The van der Waals surface area contributed by atoms with Crippen molar-refractivity contribution < 1.29 is 19.4 Å². The van der Waals surface area contributed by atoms with Crippen LogP contribution in [-0.2, 0) is 4.74 Å². The Bertz CT molecular complexity index is 564. The molecule has 1 aliphatic heterocycles. The maximum absolute atomic E-state index is 12.3. The molecule has 1 aliphatic rings. The van der Waals surface area contributed by atoms with Gasteiger partial charge in [-0.25, -0.2) is 0 Å². The largest absolute Gasteiger partial charge is 0.395 e. The Balaban J connectivity index is 1.93. The van der Waals surface area contributed by atoms with Gasteiger partial charge in [0.05, 0.1) is 13.2 Å². The summed E-state index contributed by atoms with van der Waals surface area (Å²) in [6.07, 6.45) is 1.77. The van der Waals surface area contributed by atoms with Crippen LogP contribution in [0.15, 0.2) is 12.1 Å². The number of likely N-dealkylation sites (tertiary alicyclic amines) is 1. The zero-order valence-electron chi connectivity index (χ0n) is 14.0. The first kappa shape index (κ1) is 18.4. The van der Waals surface area contributed by atoms with E-state index in [2.05, 4.69) is 15.2 Å². The molecule has 2 amide bonds. The number of nitrogens with two attached hydrogens (primary N) is 1. The second-order valence-electron chi connectivity index (χ2n) is 6.33. The van der Waals surface area contributed by atoms with Crippen molar-refractivity contribution in [2.24, 2.45) is 11.1 Å². The lowest BCUT2D eigenvalue weighted by Gasteiger charge is -2.41. The van der Waals surface area contributed by atoms with Crippen molar-refractivity contribution in [1.82, 2.24) is 15.2 Å². The van der Waals surface area contributed by atoms with Crippen LogP contribution in [0.5, 0.6) is 0 Å². The van der Waals surface area contributed by atoms with Gasteiger partial charge in [0, 0.05) is 25.6 Å². The van der Waals surface area contributed by atoms with Crippen LogP contribution in [0.4, 0.5) is 0 Å². The molecule has 1 aromatic heterocycles. The van der Waals surface area contributed by atoms with Gasteiger partial charge in [0.25, 0.3) is 11.8 Å². The topological polar surface area (TPSA) is 121 Å². The highest BCUT2D eigenvalue weighted by atomic mass is 16.5. The van der Waals surface area contributed by atoms with Gasteiger partial charge in [-0.05, 0) is 38.1 Å². The minimum atomic E-state index is -0.596. The number of hydrogen-bond donors (Lipinski definition) is 4. The van der Waals surface area contributed by atoms with Crippen LogP contribution < -0.4 is 11.1 Å². The monoisotopic (exact) mass is 338 g/mol. The Morgan fingerprint density at radius 1 is 1.38 bits per heavy atom. The SMILES string of the molecule is COCC1(CNC(=O)c2ccc(C(N)=O)[nH]2)CCN(CCO)CC1. The Morgan fingerprint density at radius 2 is 2.04 bits per heavy atom. The summed E-state index contributed by atoms with van der Waals surface area (Å²) in [4.78, 5) is 28.3. The lowest BCUT2D eigenvalue weighted by molar-refractivity contribution is 0.0179. The molecule has 2 rings (SSSR count). The number of aliphatic hydroxyl groups excluding tert-OH is 1. The summed E-state index contributed by atoms with van der Waals surface area (Å²) >= 11 is 0. The number of carbonyl (C=O) groups excluding carboxylic acids is 2. The van der Waals surface area contributed by atoms with E-state index in [1.165, 1.54) is 6.07 Å². The molecule has 0 radical (unpaired) electrons. The first-order valence-electron chi connectivity index (χ1n) is 8.09. The molecule has 0 saturated carbocycles. The highest BCUT2D eigenvalue weighted by Gasteiger charge is 2.35. The van der Waals surface area contributed by atoms with Crippen LogP contribution in [-0.4, -0.2) is 73.3 Å². The maximum Gasteiger partial charge on any atom is 0.267 e. The Hall–Kier alpha value is -1.90. The molecule has 5 N–H and O–H groups in total. The molecule has 8 nitrogen and oxygen atoms in total. The minimum Gasteiger partial charge on any atom is -0.395 e. The lowest BCUT2D eigenvalue weighted by Crippen LogP contribution is -2.49. The first-order valence-corrected chi connectivity index (χ1v) is 8.09. The van der Waals surface area contributed by atoms with Gasteiger partial charge in [-0.3, -0.25) is 9.59 Å². The molecule has 8 heteroatoms. The van der Waals surface area contributed by atoms with E-state index < -0.39 is 5.91 Å². The summed E-state index contributed by atoms with van der Waals surface area (Å²) in [6.45, 7) is 3.63. The number of nitrogens with zero attached hydrogens (tertiary/aromatic N) is 1. The standard InChI is InChI=1S/C16H26N4O4/c1-24-11-16(4-6-20(7-5-16)8-9-21)10-18-15(23)13-3-2-12(19-13)14(17)22/h2-3,19,21H,4-11H2,1H3,(H2,17,22)(H,18,23). The second kappa shape index (κ2) is 8.27. The molecule has 2 heterocycles. The van der Waals surface area contributed by atoms with Crippen LogP contribution in [0.25, 0.3) is 0 Å². The van der Waals surface area contributed by atoms with Gasteiger partial charge in [-0.1, -0.05) is 0 Å². The highest BCUT2D eigenvalue weighted by molar-refractivity contribution is 5.96. The van der Waals surface area contributed by atoms with Gasteiger partial charge in [0.15, 0.2) is 0 Å². The number of primary amides is 1. The average Bonchev–Trinajstić information content (AvgIpc) is 3.06. The number of aromatic nitrogens is 1. The zero-order valence-corrected chi connectivity index (χ0v) is 14.0. The van der Waals surface area contributed by atoms with Gasteiger partial charge < -0.3 is 30.8 Å². The minimum absolute atomic E-state index is 0.116. The molecule has 1 saturated heterocycles. The normalized spacial score (nSPS) is 17.6. The summed E-state index contributed by atoms with van der Waals surface area (Å²) in [6, 6.07) is 3.04. The fraction of sp³-hybridized carbons (Fsp3) is 0.625. The number of methoxy groups -OCH3 is 1. The third kappa shape index (κ3) is 4.56.